The Kier molecular flexibility index (Phi) is 3.33. The molecule has 0 aliphatic rings. The molecule has 2 heterocycles. The van der Waals surface area contributed by atoms with Crippen LogP contribution in [0.3, 0.4) is 0 Å². The molecule has 0 spiro atoms. The smallest absolute Gasteiger partial charge is 0.182 e. The molecule has 0 atom stereocenters. The zero-order valence-electron chi connectivity index (χ0n) is 9.31. The Hall–Kier alpha value is -1.23. The average molecular weight is 281 g/mol. The summed E-state index contributed by atoms with van der Waals surface area (Å²) in [4.78, 5) is 4.39. The van der Waals surface area contributed by atoms with Crippen LogP contribution in [0.25, 0.3) is 11.5 Å². The van der Waals surface area contributed by atoms with Gasteiger partial charge in [-0.1, -0.05) is 13.0 Å². The second kappa shape index (κ2) is 4.74. The monoisotopic (exact) mass is 280 g/mol. The highest BCUT2D eigenvalue weighted by Gasteiger charge is 2.11. The minimum Gasteiger partial charge on any atom is -0.310 e. The predicted octanol–water partition coefficient (Wildman–Crippen LogP) is 2.82. The van der Waals surface area contributed by atoms with Crippen molar-refractivity contribution in [3.63, 3.8) is 0 Å². The van der Waals surface area contributed by atoms with Crippen LogP contribution in [0.15, 0.2) is 22.8 Å². The van der Waals surface area contributed by atoms with Crippen molar-refractivity contribution < 1.29 is 0 Å². The molecule has 84 valence electrons. The Labute approximate surface area is 103 Å². The van der Waals surface area contributed by atoms with Crippen LogP contribution in [0.1, 0.15) is 19.2 Å². The van der Waals surface area contributed by atoms with Gasteiger partial charge in [0.1, 0.15) is 16.1 Å². The van der Waals surface area contributed by atoms with Crippen LogP contribution < -0.4 is 0 Å². The lowest BCUT2D eigenvalue weighted by atomic mass is 10.3. The number of hydrogen-bond acceptors (Lipinski definition) is 3. The number of aromatic nitrogens is 4. The molecule has 0 amide bonds. The van der Waals surface area contributed by atoms with E-state index in [1.165, 1.54) is 0 Å². The van der Waals surface area contributed by atoms with Gasteiger partial charge < -0.3 is 4.57 Å². The van der Waals surface area contributed by atoms with E-state index < -0.39 is 0 Å². The highest BCUT2D eigenvalue weighted by Crippen LogP contribution is 2.18. The summed E-state index contributed by atoms with van der Waals surface area (Å²) in [6.45, 7) is 5.02. The molecule has 0 unspecified atom stereocenters. The van der Waals surface area contributed by atoms with Crippen molar-refractivity contribution >= 4 is 15.9 Å². The molecule has 4 nitrogen and oxygen atoms in total. The number of hydrogen-bond donors (Lipinski definition) is 0. The number of aryl methyl sites for hydroxylation is 1. The summed E-state index contributed by atoms with van der Waals surface area (Å²) in [7, 11) is 0. The van der Waals surface area contributed by atoms with Crippen LogP contribution in [0, 0.1) is 6.92 Å². The molecule has 0 fully saturated rings. The number of halogens is 1. The summed E-state index contributed by atoms with van der Waals surface area (Å²) in [5.74, 6) is 1.76. The third-order valence-corrected chi connectivity index (χ3v) is 2.77. The summed E-state index contributed by atoms with van der Waals surface area (Å²) in [5.41, 5.74) is 0.850. The minimum atomic E-state index is 0.814. The molecule has 0 saturated carbocycles. The van der Waals surface area contributed by atoms with Gasteiger partial charge in [0.05, 0.1) is 0 Å². The summed E-state index contributed by atoms with van der Waals surface area (Å²) in [6, 6.07) is 5.80. The van der Waals surface area contributed by atoms with Crippen molar-refractivity contribution in [2.24, 2.45) is 0 Å². The lowest BCUT2D eigenvalue weighted by molar-refractivity contribution is 0.661. The lowest BCUT2D eigenvalue weighted by Crippen LogP contribution is -2.03. The summed E-state index contributed by atoms with van der Waals surface area (Å²) < 4.78 is 2.91. The van der Waals surface area contributed by atoms with Crippen molar-refractivity contribution in [1.82, 2.24) is 19.7 Å². The third kappa shape index (κ3) is 2.14. The van der Waals surface area contributed by atoms with Gasteiger partial charge in [0.15, 0.2) is 5.82 Å². The summed E-state index contributed by atoms with van der Waals surface area (Å²) in [5, 5.41) is 8.27. The molecule has 0 aliphatic carbocycles. The fourth-order valence-electron chi connectivity index (χ4n) is 1.59. The van der Waals surface area contributed by atoms with E-state index in [1.54, 1.807) is 0 Å². The largest absolute Gasteiger partial charge is 0.310 e. The SMILES string of the molecule is CCCn1c(C)nnc1-c1cccc(Br)n1. The zero-order chi connectivity index (χ0) is 11.5. The van der Waals surface area contributed by atoms with Gasteiger partial charge in [-0.15, -0.1) is 10.2 Å². The van der Waals surface area contributed by atoms with Crippen LogP contribution in [0.4, 0.5) is 0 Å². The molecule has 0 aliphatic heterocycles. The van der Waals surface area contributed by atoms with Crippen molar-refractivity contribution in [2.45, 2.75) is 26.8 Å². The highest BCUT2D eigenvalue weighted by atomic mass is 79.9. The van der Waals surface area contributed by atoms with E-state index in [4.69, 9.17) is 0 Å². The first kappa shape index (κ1) is 11.3. The van der Waals surface area contributed by atoms with E-state index in [2.05, 4.69) is 42.6 Å². The normalized spacial score (nSPS) is 10.7. The van der Waals surface area contributed by atoms with E-state index in [0.717, 1.165) is 34.9 Å². The van der Waals surface area contributed by atoms with Crippen molar-refractivity contribution in [1.29, 1.82) is 0 Å². The maximum absolute atomic E-state index is 4.39. The zero-order valence-corrected chi connectivity index (χ0v) is 10.9. The molecule has 0 N–H and O–H groups in total. The summed E-state index contributed by atoms with van der Waals surface area (Å²) >= 11 is 3.36. The fraction of sp³-hybridized carbons (Fsp3) is 0.364. The number of rotatable bonds is 3. The van der Waals surface area contributed by atoms with Gasteiger partial charge in [-0.25, -0.2) is 4.98 Å². The van der Waals surface area contributed by atoms with Gasteiger partial charge in [-0.3, -0.25) is 0 Å². The van der Waals surface area contributed by atoms with Gasteiger partial charge in [-0.2, -0.15) is 0 Å². The van der Waals surface area contributed by atoms with Crippen LogP contribution >= 0.6 is 15.9 Å². The molecule has 0 saturated heterocycles. The standard InChI is InChI=1S/C11H13BrN4/c1-3-7-16-8(2)14-15-11(16)9-5-4-6-10(12)13-9/h4-6H,3,7H2,1-2H3. The van der Waals surface area contributed by atoms with Crippen LogP contribution in [-0.4, -0.2) is 19.7 Å². The topological polar surface area (TPSA) is 43.6 Å². The van der Waals surface area contributed by atoms with E-state index >= 15 is 0 Å². The number of nitrogens with zero attached hydrogens (tertiary/aromatic N) is 4. The molecule has 0 bridgehead atoms. The molecule has 0 radical (unpaired) electrons. The van der Waals surface area contributed by atoms with E-state index in [-0.39, 0.29) is 0 Å². The van der Waals surface area contributed by atoms with Crippen molar-refractivity contribution in [2.75, 3.05) is 0 Å². The molecule has 0 aromatic carbocycles. The minimum absolute atomic E-state index is 0.814. The predicted molar refractivity (Wildman–Crippen MR) is 66.0 cm³/mol. The lowest BCUT2D eigenvalue weighted by Gasteiger charge is -2.06. The molecule has 2 aromatic heterocycles. The van der Waals surface area contributed by atoms with E-state index in [9.17, 15) is 0 Å². The molecule has 16 heavy (non-hydrogen) atoms. The first-order valence-corrected chi connectivity index (χ1v) is 6.04. The molecular formula is C11H13BrN4. The summed E-state index contributed by atoms with van der Waals surface area (Å²) in [6.07, 6.45) is 1.06. The van der Waals surface area contributed by atoms with Crippen molar-refractivity contribution in [3.05, 3.63) is 28.6 Å². The fourth-order valence-corrected chi connectivity index (χ4v) is 1.94. The first-order chi connectivity index (χ1) is 7.72. The van der Waals surface area contributed by atoms with Gasteiger partial charge >= 0.3 is 0 Å². The Balaban J connectivity index is 2.47. The van der Waals surface area contributed by atoms with Gasteiger partial charge in [0.25, 0.3) is 0 Å². The molecule has 2 rings (SSSR count). The third-order valence-electron chi connectivity index (χ3n) is 2.33. The van der Waals surface area contributed by atoms with Crippen LogP contribution in [-0.2, 0) is 6.54 Å². The first-order valence-electron chi connectivity index (χ1n) is 5.25. The highest BCUT2D eigenvalue weighted by molar-refractivity contribution is 9.10. The molecule has 2 aromatic rings. The molecule has 5 heteroatoms. The van der Waals surface area contributed by atoms with Gasteiger partial charge in [0.2, 0.25) is 0 Å². The van der Waals surface area contributed by atoms with E-state index in [1.807, 2.05) is 25.1 Å². The van der Waals surface area contributed by atoms with E-state index in [0.29, 0.717) is 0 Å². The quantitative estimate of drug-likeness (QED) is 0.812. The molecular weight excluding hydrogens is 268 g/mol. The second-order valence-corrected chi connectivity index (χ2v) is 4.38. The maximum Gasteiger partial charge on any atom is 0.182 e. The van der Waals surface area contributed by atoms with Gasteiger partial charge in [-0.05, 0) is 41.4 Å². The Morgan fingerprint density at radius 2 is 2.12 bits per heavy atom. The Bertz CT molecular complexity index is 492. The number of pyridine rings is 1. The van der Waals surface area contributed by atoms with Crippen molar-refractivity contribution in [3.8, 4) is 11.5 Å². The van der Waals surface area contributed by atoms with Crippen LogP contribution in [0.5, 0.6) is 0 Å². The Morgan fingerprint density at radius 3 is 2.81 bits per heavy atom. The maximum atomic E-state index is 4.39. The van der Waals surface area contributed by atoms with Crippen LogP contribution in [0.2, 0.25) is 0 Å². The van der Waals surface area contributed by atoms with Gasteiger partial charge in [0, 0.05) is 6.54 Å². The Morgan fingerprint density at radius 1 is 1.31 bits per heavy atom. The second-order valence-electron chi connectivity index (χ2n) is 3.57. The average Bonchev–Trinajstić information content (AvgIpc) is 2.61.